The predicted octanol–water partition coefficient (Wildman–Crippen LogP) is 2.13. The van der Waals surface area contributed by atoms with Crippen LogP contribution < -0.4 is 5.56 Å². The van der Waals surface area contributed by atoms with Gasteiger partial charge in [0, 0.05) is 36.0 Å². The van der Waals surface area contributed by atoms with Crippen LogP contribution in [0.1, 0.15) is 19.8 Å². The lowest BCUT2D eigenvalue weighted by Crippen LogP contribution is -2.27. The Labute approximate surface area is 162 Å². The van der Waals surface area contributed by atoms with Crippen LogP contribution >= 0.6 is 0 Å². The van der Waals surface area contributed by atoms with Crippen molar-refractivity contribution in [2.45, 2.75) is 24.7 Å². The quantitative estimate of drug-likeness (QED) is 0.563. The van der Waals surface area contributed by atoms with Gasteiger partial charge in [-0.2, -0.15) is 4.31 Å². The van der Waals surface area contributed by atoms with Crippen LogP contribution in [0, 0.1) is 12.3 Å². The fourth-order valence-corrected chi connectivity index (χ4v) is 3.70. The van der Waals surface area contributed by atoms with Crippen molar-refractivity contribution in [2.24, 2.45) is 0 Å². The second-order valence-electron chi connectivity index (χ2n) is 6.04. The summed E-state index contributed by atoms with van der Waals surface area (Å²) in [5.41, 5.74) is 0.752. The zero-order chi connectivity index (χ0) is 20.9. The Morgan fingerprint density at radius 1 is 1.29 bits per heavy atom. The van der Waals surface area contributed by atoms with Gasteiger partial charge in [-0.1, -0.05) is 12.8 Å². The van der Waals surface area contributed by atoms with Crippen molar-refractivity contribution in [1.29, 1.82) is 0 Å². The molecular weight excluding hydrogens is 382 g/mol. The van der Waals surface area contributed by atoms with E-state index in [1.807, 2.05) is 6.92 Å². The maximum Gasteiger partial charge on any atom is 0.303 e. The van der Waals surface area contributed by atoms with Crippen LogP contribution in [0.15, 0.2) is 40.2 Å². The summed E-state index contributed by atoms with van der Waals surface area (Å²) >= 11 is 0. The van der Waals surface area contributed by atoms with E-state index < -0.39 is 16.0 Å². The molecular formula is C19H21N3O5S. The van der Waals surface area contributed by atoms with Crippen molar-refractivity contribution in [3.05, 3.63) is 40.8 Å². The highest BCUT2D eigenvalue weighted by Crippen LogP contribution is 2.24. The molecule has 0 aliphatic carbocycles. The Balaban J connectivity index is 0.000000409. The van der Waals surface area contributed by atoms with Crippen LogP contribution in [0.3, 0.4) is 0 Å². The lowest BCUT2D eigenvalue weighted by atomic mass is 10.1. The smallest absolute Gasteiger partial charge is 0.303 e. The number of pyridine rings is 1. The van der Waals surface area contributed by atoms with Gasteiger partial charge in [0.05, 0.1) is 11.4 Å². The number of hydrogen-bond donors (Lipinski definition) is 3. The Bertz CT molecular complexity index is 1200. The second-order valence-corrected chi connectivity index (χ2v) is 8.08. The summed E-state index contributed by atoms with van der Waals surface area (Å²) in [5.74, 6) is 1.60. The SMILES string of the molecule is C#CCN(C)S(=O)(=O)c1ccc2[nH]c(=O)c3[nH]ccc3c2c1.CCCC(=O)O. The first-order valence-electron chi connectivity index (χ1n) is 8.47. The maximum absolute atomic E-state index is 12.5. The highest BCUT2D eigenvalue weighted by Gasteiger charge is 2.21. The first-order valence-corrected chi connectivity index (χ1v) is 9.91. The summed E-state index contributed by atoms with van der Waals surface area (Å²) in [6, 6.07) is 6.33. The molecule has 0 saturated heterocycles. The fraction of sp³-hybridized carbons (Fsp3) is 0.263. The number of aliphatic carboxylic acids is 1. The summed E-state index contributed by atoms with van der Waals surface area (Å²) in [5, 5.41) is 9.25. The summed E-state index contributed by atoms with van der Waals surface area (Å²) < 4.78 is 26.0. The van der Waals surface area contributed by atoms with E-state index in [4.69, 9.17) is 11.5 Å². The molecule has 3 rings (SSSR count). The molecule has 1 aromatic carbocycles. The number of nitrogens with one attached hydrogen (secondary N) is 2. The highest BCUT2D eigenvalue weighted by molar-refractivity contribution is 7.89. The van der Waals surface area contributed by atoms with Gasteiger partial charge in [-0.3, -0.25) is 9.59 Å². The summed E-state index contributed by atoms with van der Waals surface area (Å²) in [4.78, 5) is 27.2. The van der Waals surface area contributed by atoms with Gasteiger partial charge in [-0.25, -0.2) is 8.42 Å². The molecule has 0 saturated carbocycles. The largest absolute Gasteiger partial charge is 0.481 e. The second kappa shape index (κ2) is 8.73. The number of nitrogens with zero attached hydrogens (tertiary/aromatic N) is 1. The third-order valence-corrected chi connectivity index (χ3v) is 5.79. The van der Waals surface area contributed by atoms with Gasteiger partial charge in [0.2, 0.25) is 10.0 Å². The summed E-state index contributed by atoms with van der Waals surface area (Å²) in [6.45, 7) is 1.83. The molecule has 0 fully saturated rings. The first-order chi connectivity index (χ1) is 13.2. The van der Waals surface area contributed by atoms with Crippen LogP contribution in [-0.4, -0.2) is 47.4 Å². The standard InChI is InChI=1S/C15H13N3O3S.C4H8O2/c1-3-8-18(2)22(20,21)10-4-5-13-12(9-10)11-6-7-16-14(11)15(19)17-13;1-2-3-4(5)6/h1,4-7,9,16H,8H2,2H3,(H,17,19);2-3H2,1H3,(H,5,6). The average molecular weight is 403 g/mol. The van der Waals surface area contributed by atoms with E-state index in [0.29, 0.717) is 28.2 Å². The molecule has 3 N–H and O–H groups in total. The third-order valence-electron chi connectivity index (χ3n) is 3.99. The van der Waals surface area contributed by atoms with Crippen molar-refractivity contribution >= 4 is 37.8 Å². The lowest BCUT2D eigenvalue weighted by Gasteiger charge is -2.14. The van der Waals surface area contributed by atoms with E-state index in [2.05, 4.69) is 15.9 Å². The molecule has 0 bridgehead atoms. The van der Waals surface area contributed by atoms with Crippen LogP contribution in [0.5, 0.6) is 0 Å². The number of terminal acetylenes is 1. The third kappa shape index (κ3) is 4.42. The Morgan fingerprint density at radius 3 is 2.57 bits per heavy atom. The molecule has 0 amide bonds. The van der Waals surface area contributed by atoms with Crippen molar-refractivity contribution in [3.8, 4) is 12.3 Å². The first kappa shape index (κ1) is 21.2. The van der Waals surface area contributed by atoms with Crippen LogP contribution in [-0.2, 0) is 14.8 Å². The van der Waals surface area contributed by atoms with Crippen LogP contribution in [0.2, 0.25) is 0 Å². The number of rotatable bonds is 5. The molecule has 0 aliphatic rings. The molecule has 0 atom stereocenters. The van der Waals surface area contributed by atoms with Gasteiger partial charge in [-0.05, 0) is 30.7 Å². The van der Waals surface area contributed by atoms with Crippen molar-refractivity contribution in [1.82, 2.24) is 14.3 Å². The van der Waals surface area contributed by atoms with Crippen molar-refractivity contribution in [2.75, 3.05) is 13.6 Å². The van der Waals surface area contributed by atoms with E-state index >= 15 is 0 Å². The minimum Gasteiger partial charge on any atom is -0.481 e. The molecule has 0 aliphatic heterocycles. The lowest BCUT2D eigenvalue weighted by molar-refractivity contribution is -0.137. The normalized spacial score (nSPS) is 11.2. The van der Waals surface area contributed by atoms with E-state index in [0.717, 1.165) is 10.7 Å². The monoisotopic (exact) mass is 403 g/mol. The Hall–Kier alpha value is -3.09. The van der Waals surface area contributed by atoms with Gasteiger partial charge in [0.1, 0.15) is 5.52 Å². The van der Waals surface area contributed by atoms with Crippen LogP contribution in [0.4, 0.5) is 0 Å². The predicted molar refractivity (Wildman–Crippen MR) is 108 cm³/mol. The molecule has 9 heteroatoms. The molecule has 28 heavy (non-hydrogen) atoms. The van der Waals surface area contributed by atoms with Gasteiger partial charge in [0.25, 0.3) is 5.56 Å². The number of hydrogen-bond acceptors (Lipinski definition) is 4. The minimum absolute atomic E-state index is 0.00837. The topological polar surface area (TPSA) is 123 Å². The molecule has 8 nitrogen and oxygen atoms in total. The van der Waals surface area contributed by atoms with Gasteiger partial charge in [-0.15, -0.1) is 6.42 Å². The number of aromatic amines is 2. The number of aromatic nitrogens is 2. The van der Waals surface area contributed by atoms with Gasteiger partial charge < -0.3 is 15.1 Å². The number of sulfonamides is 1. The number of fused-ring (bicyclic) bond motifs is 3. The summed E-state index contributed by atoms with van der Waals surface area (Å²) in [7, 11) is -2.24. The average Bonchev–Trinajstić information content (AvgIpc) is 3.13. The number of carboxylic acids is 1. The number of H-pyrrole nitrogens is 2. The zero-order valence-corrected chi connectivity index (χ0v) is 16.3. The van der Waals surface area contributed by atoms with E-state index in [1.165, 1.54) is 13.1 Å². The molecule has 0 spiro atoms. The fourth-order valence-electron chi connectivity index (χ4n) is 2.59. The minimum atomic E-state index is -3.67. The van der Waals surface area contributed by atoms with Crippen molar-refractivity contribution in [3.63, 3.8) is 0 Å². The summed E-state index contributed by atoms with van der Waals surface area (Å²) in [6.07, 6.45) is 7.84. The molecule has 0 unspecified atom stereocenters. The molecule has 3 aromatic rings. The highest BCUT2D eigenvalue weighted by atomic mass is 32.2. The van der Waals surface area contributed by atoms with E-state index in [1.54, 1.807) is 24.4 Å². The van der Waals surface area contributed by atoms with E-state index in [-0.39, 0.29) is 17.0 Å². The molecule has 2 heterocycles. The molecule has 2 aromatic heterocycles. The Kier molecular flexibility index (Phi) is 6.62. The van der Waals surface area contributed by atoms with Crippen molar-refractivity contribution < 1.29 is 18.3 Å². The zero-order valence-electron chi connectivity index (χ0n) is 15.5. The van der Waals surface area contributed by atoms with Gasteiger partial charge in [0.15, 0.2) is 0 Å². The molecule has 0 radical (unpaired) electrons. The maximum atomic E-state index is 12.5. The van der Waals surface area contributed by atoms with Gasteiger partial charge >= 0.3 is 5.97 Å². The van der Waals surface area contributed by atoms with Crippen LogP contribution in [0.25, 0.3) is 21.8 Å². The number of benzene rings is 1. The number of carboxylic acid groups (broad SMARTS) is 1. The Morgan fingerprint density at radius 2 is 2.00 bits per heavy atom. The number of carbonyl (C=O) groups is 1. The molecule has 148 valence electrons. The van der Waals surface area contributed by atoms with E-state index in [9.17, 15) is 18.0 Å².